The van der Waals surface area contributed by atoms with Gasteiger partial charge in [0, 0.05) is 43.3 Å². The molecule has 0 saturated heterocycles. The summed E-state index contributed by atoms with van der Waals surface area (Å²) in [4.78, 5) is 6.42. The van der Waals surface area contributed by atoms with Crippen LogP contribution >= 0.6 is 0 Å². The molecular formula is C16H24N4. The van der Waals surface area contributed by atoms with E-state index in [1.54, 1.807) is 0 Å². The highest BCUT2D eigenvalue weighted by molar-refractivity contribution is 5.18. The van der Waals surface area contributed by atoms with E-state index >= 15 is 0 Å². The Morgan fingerprint density at radius 3 is 2.65 bits per heavy atom. The molecule has 0 radical (unpaired) electrons. The Hall–Kier alpha value is -1.68. The summed E-state index contributed by atoms with van der Waals surface area (Å²) in [6.07, 6.45) is 6.99. The van der Waals surface area contributed by atoms with Crippen LogP contribution in [0.15, 0.2) is 30.7 Å². The maximum atomic E-state index is 4.57. The fourth-order valence-electron chi connectivity index (χ4n) is 2.36. The van der Waals surface area contributed by atoms with Crippen LogP contribution in [0, 0.1) is 6.92 Å². The first kappa shape index (κ1) is 14.7. The number of aryl methyl sites for hydroxylation is 2. The zero-order chi connectivity index (χ0) is 14.5. The minimum atomic E-state index is 0.368. The molecule has 0 unspecified atom stereocenters. The van der Waals surface area contributed by atoms with Gasteiger partial charge in [0.25, 0.3) is 0 Å². The van der Waals surface area contributed by atoms with Crippen molar-refractivity contribution in [1.82, 2.24) is 19.7 Å². The summed E-state index contributed by atoms with van der Waals surface area (Å²) < 4.78 is 2.05. The van der Waals surface area contributed by atoms with Crippen LogP contribution in [0.5, 0.6) is 0 Å². The molecule has 0 spiro atoms. The molecule has 2 aromatic heterocycles. The van der Waals surface area contributed by atoms with E-state index in [0.717, 1.165) is 25.2 Å². The van der Waals surface area contributed by atoms with Crippen molar-refractivity contribution in [3.8, 4) is 0 Å². The van der Waals surface area contributed by atoms with Crippen molar-refractivity contribution >= 4 is 0 Å². The smallest absolute Gasteiger partial charge is 0.0638 e. The van der Waals surface area contributed by atoms with Crippen LogP contribution in [0.4, 0.5) is 0 Å². The molecule has 4 nitrogen and oxygen atoms in total. The highest BCUT2D eigenvalue weighted by atomic mass is 15.3. The van der Waals surface area contributed by atoms with E-state index in [1.807, 2.05) is 12.4 Å². The predicted octanol–water partition coefficient (Wildman–Crippen LogP) is 3.19. The molecule has 0 N–H and O–H groups in total. The lowest BCUT2D eigenvalue weighted by atomic mass is 10.1. The lowest BCUT2D eigenvalue weighted by Crippen LogP contribution is -2.22. The SMILES string of the molecule is CCCn1cc(CN(C)[C@H](C)c2ccncc2)c(C)n1. The molecule has 0 fully saturated rings. The molecule has 4 heteroatoms. The van der Waals surface area contributed by atoms with Crippen LogP contribution in [0.25, 0.3) is 0 Å². The largest absolute Gasteiger partial charge is 0.295 e. The van der Waals surface area contributed by atoms with Gasteiger partial charge in [-0.3, -0.25) is 14.6 Å². The van der Waals surface area contributed by atoms with Crippen LogP contribution in [-0.2, 0) is 13.1 Å². The van der Waals surface area contributed by atoms with Crippen molar-refractivity contribution in [3.05, 3.63) is 47.5 Å². The summed E-state index contributed by atoms with van der Waals surface area (Å²) in [7, 11) is 2.15. The monoisotopic (exact) mass is 272 g/mol. The lowest BCUT2D eigenvalue weighted by Gasteiger charge is -2.24. The minimum Gasteiger partial charge on any atom is -0.295 e. The van der Waals surface area contributed by atoms with E-state index in [2.05, 4.69) is 65.8 Å². The van der Waals surface area contributed by atoms with Crippen LogP contribution in [0.1, 0.15) is 43.1 Å². The quantitative estimate of drug-likeness (QED) is 0.810. The van der Waals surface area contributed by atoms with Crippen LogP contribution in [-0.4, -0.2) is 26.7 Å². The predicted molar refractivity (Wildman–Crippen MR) is 81.4 cm³/mol. The number of pyridine rings is 1. The fraction of sp³-hybridized carbons (Fsp3) is 0.500. The first-order valence-electron chi connectivity index (χ1n) is 7.25. The zero-order valence-electron chi connectivity index (χ0n) is 12.9. The van der Waals surface area contributed by atoms with Crippen molar-refractivity contribution in [2.75, 3.05) is 7.05 Å². The number of rotatable bonds is 6. The summed E-state index contributed by atoms with van der Waals surface area (Å²) >= 11 is 0. The molecule has 2 heterocycles. The topological polar surface area (TPSA) is 34.0 Å². The van der Waals surface area contributed by atoms with E-state index in [0.29, 0.717) is 6.04 Å². The fourth-order valence-corrected chi connectivity index (χ4v) is 2.36. The molecule has 0 aromatic carbocycles. The third kappa shape index (κ3) is 3.45. The maximum absolute atomic E-state index is 4.57. The second kappa shape index (κ2) is 6.66. The van der Waals surface area contributed by atoms with Crippen molar-refractivity contribution in [2.45, 2.75) is 46.3 Å². The van der Waals surface area contributed by atoms with Gasteiger partial charge in [-0.1, -0.05) is 6.92 Å². The molecule has 0 saturated carbocycles. The standard InChI is InChI=1S/C16H24N4/c1-5-10-20-12-16(13(2)18-20)11-19(4)14(3)15-6-8-17-9-7-15/h6-9,12,14H,5,10-11H2,1-4H3/t14-/m1/s1. The molecule has 2 rings (SSSR count). The van der Waals surface area contributed by atoms with E-state index in [1.165, 1.54) is 11.1 Å². The second-order valence-electron chi connectivity index (χ2n) is 5.37. The molecule has 2 aromatic rings. The number of aromatic nitrogens is 3. The molecule has 1 atom stereocenters. The summed E-state index contributed by atoms with van der Waals surface area (Å²) in [5.41, 5.74) is 3.73. The molecule has 0 aliphatic rings. The molecule has 20 heavy (non-hydrogen) atoms. The normalized spacial score (nSPS) is 12.8. The van der Waals surface area contributed by atoms with Crippen LogP contribution < -0.4 is 0 Å². The Morgan fingerprint density at radius 2 is 2.00 bits per heavy atom. The summed E-state index contributed by atoms with van der Waals surface area (Å²) in [6.45, 7) is 8.39. The van der Waals surface area contributed by atoms with Crippen molar-refractivity contribution in [3.63, 3.8) is 0 Å². The van der Waals surface area contributed by atoms with Gasteiger partial charge in [-0.25, -0.2) is 0 Å². The van der Waals surface area contributed by atoms with E-state index < -0.39 is 0 Å². The summed E-state index contributed by atoms with van der Waals surface area (Å²) in [5.74, 6) is 0. The second-order valence-corrected chi connectivity index (χ2v) is 5.37. The summed E-state index contributed by atoms with van der Waals surface area (Å²) in [6, 6.07) is 4.52. The Bertz CT molecular complexity index is 533. The average Bonchev–Trinajstić information content (AvgIpc) is 2.79. The van der Waals surface area contributed by atoms with E-state index in [-0.39, 0.29) is 0 Å². The minimum absolute atomic E-state index is 0.368. The number of nitrogens with zero attached hydrogens (tertiary/aromatic N) is 4. The van der Waals surface area contributed by atoms with Gasteiger partial charge >= 0.3 is 0 Å². The van der Waals surface area contributed by atoms with Gasteiger partial charge in [0.05, 0.1) is 5.69 Å². The average molecular weight is 272 g/mol. The Morgan fingerprint density at radius 1 is 1.30 bits per heavy atom. The Balaban J connectivity index is 2.05. The van der Waals surface area contributed by atoms with Gasteiger partial charge in [0.2, 0.25) is 0 Å². The summed E-state index contributed by atoms with van der Waals surface area (Å²) in [5, 5.41) is 4.57. The van der Waals surface area contributed by atoms with E-state index in [9.17, 15) is 0 Å². The van der Waals surface area contributed by atoms with Crippen molar-refractivity contribution in [2.24, 2.45) is 0 Å². The molecule has 0 aliphatic heterocycles. The van der Waals surface area contributed by atoms with Crippen molar-refractivity contribution < 1.29 is 0 Å². The van der Waals surface area contributed by atoms with Gasteiger partial charge < -0.3 is 0 Å². The highest BCUT2D eigenvalue weighted by Crippen LogP contribution is 2.20. The molecule has 108 valence electrons. The molecule has 0 amide bonds. The number of hydrogen-bond donors (Lipinski definition) is 0. The highest BCUT2D eigenvalue weighted by Gasteiger charge is 2.14. The third-order valence-electron chi connectivity index (χ3n) is 3.77. The Labute approximate surface area is 121 Å². The van der Waals surface area contributed by atoms with E-state index in [4.69, 9.17) is 0 Å². The van der Waals surface area contributed by atoms with Gasteiger partial charge in [-0.05, 0) is 45.0 Å². The molecule has 0 aliphatic carbocycles. The first-order valence-corrected chi connectivity index (χ1v) is 7.25. The zero-order valence-corrected chi connectivity index (χ0v) is 12.9. The lowest BCUT2D eigenvalue weighted by molar-refractivity contribution is 0.252. The van der Waals surface area contributed by atoms with Crippen molar-refractivity contribution in [1.29, 1.82) is 0 Å². The number of hydrogen-bond acceptors (Lipinski definition) is 3. The van der Waals surface area contributed by atoms with Gasteiger partial charge in [-0.2, -0.15) is 5.10 Å². The van der Waals surface area contributed by atoms with Crippen LogP contribution in [0.3, 0.4) is 0 Å². The third-order valence-corrected chi connectivity index (χ3v) is 3.77. The van der Waals surface area contributed by atoms with Crippen LogP contribution in [0.2, 0.25) is 0 Å². The first-order chi connectivity index (χ1) is 9.61. The molecule has 0 bridgehead atoms. The van der Waals surface area contributed by atoms with Gasteiger partial charge in [-0.15, -0.1) is 0 Å². The maximum Gasteiger partial charge on any atom is 0.0638 e. The van der Waals surface area contributed by atoms with Gasteiger partial charge in [0.1, 0.15) is 0 Å². The Kier molecular flexibility index (Phi) is 4.90. The molecular weight excluding hydrogens is 248 g/mol. The van der Waals surface area contributed by atoms with Gasteiger partial charge in [0.15, 0.2) is 0 Å².